The number of amides is 4. The van der Waals surface area contributed by atoms with E-state index in [4.69, 9.17) is 0 Å². The average molecular weight is 595 g/mol. The number of carbonyl (C=O) groups is 4. The highest BCUT2D eigenvalue weighted by molar-refractivity contribution is 7.10. The first kappa shape index (κ1) is 25.7. The molecule has 4 fully saturated rings. The average Bonchev–Trinajstić information content (AvgIpc) is 3.81. The monoisotopic (exact) mass is 594 g/mol. The minimum atomic E-state index is -0.836. The van der Waals surface area contributed by atoms with Crippen molar-refractivity contribution in [1.82, 2.24) is 10.0 Å². The van der Waals surface area contributed by atoms with Gasteiger partial charge in [-0.25, -0.2) is 19.8 Å². The topological polar surface area (TPSA) is 81.2 Å². The van der Waals surface area contributed by atoms with Crippen LogP contribution in [0.4, 0.5) is 11.4 Å². The Hall–Kier alpha value is -3.96. The Morgan fingerprint density at radius 1 is 0.500 bits per heavy atom. The summed E-state index contributed by atoms with van der Waals surface area (Å²) in [7, 11) is 0. The molecule has 0 unspecified atom stereocenters. The molecule has 2 aromatic heterocycles. The van der Waals surface area contributed by atoms with Gasteiger partial charge in [0, 0.05) is 9.75 Å². The van der Waals surface area contributed by atoms with Crippen molar-refractivity contribution in [2.75, 3.05) is 9.80 Å². The standard InChI is InChI=1S/C32H26N4O4S2/c1-17-7-11-19(12-8-17)33-29(37)23-25(21-5-3-15-41-21)36-28-24(26(22-6-4-16-42-22)35(36)27(23)31(33)39)30(38)34(32(28)40)20-13-9-18(2)10-14-20/h3-16,23-28H,1-2H3/t23-,24-,25+,26+,27+,28+/m0/s1. The molecule has 4 aliphatic rings. The van der Waals surface area contributed by atoms with E-state index in [2.05, 4.69) is 0 Å². The summed E-state index contributed by atoms with van der Waals surface area (Å²) in [6, 6.07) is 19.7. The number of aryl methyl sites for hydroxylation is 2. The minimum absolute atomic E-state index is 0.282. The fraction of sp³-hybridized carbons (Fsp3) is 0.250. The van der Waals surface area contributed by atoms with Gasteiger partial charge in [-0.2, -0.15) is 0 Å². The number of hydrazine groups is 1. The van der Waals surface area contributed by atoms with E-state index in [1.165, 1.54) is 32.5 Å². The summed E-state index contributed by atoms with van der Waals surface area (Å²) >= 11 is 2.99. The van der Waals surface area contributed by atoms with Crippen LogP contribution in [0.25, 0.3) is 0 Å². The van der Waals surface area contributed by atoms with Crippen molar-refractivity contribution < 1.29 is 19.2 Å². The lowest BCUT2D eigenvalue weighted by Crippen LogP contribution is -2.50. The van der Waals surface area contributed by atoms with Gasteiger partial charge in [0.15, 0.2) is 0 Å². The molecule has 6 heterocycles. The van der Waals surface area contributed by atoms with Gasteiger partial charge < -0.3 is 0 Å². The molecule has 8 nitrogen and oxygen atoms in total. The van der Waals surface area contributed by atoms with Crippen molar-refractivity contribution in [3.8, 4) is 0 Å². The Balaban J connectivity index is 1.30. The number of nitrogens with zero attached hydrogens (tertiary/aromatic N) is 4. The first-order chi connectivity index (χ1) is 20.4. The fourth-order valence-corrected chi connectivity index (χ4v) is 8.94. The van der Waals surface area contributed by atoms with E-state index >= 15 is 0 Å². The quantitative estimate of drug-likeness (QED) is 0.314. The number of imide groups is 2. The number of carbonyl (C=O) groups excluding carboxylic acids is 4. The van der Waals surface area contributed by atoms with Crippen LogP contribution < -0.4 is 9.80 Å². The van der Waals surface area contributed by atoms with Crippen LogP contribution in [0.1, 0.15) is 33.0 Å². The normalized spacial score (nSPS) is 29.1. The zero-order chi connectivity index (χ0) is 28.9. The summed E-state index contributed by atoms with van der Waals surface area (Å²) in [5, 5.41) is 7.73. The van der Waals surface area contributed by atoms with E-state index in [-0.39, 0.29) is 23.6 Å². The zero-order valence-electron chi connectivity index (χ0n) is 22.8. The number of hydrogen-bond donors (Lipinski definition) is 0. The molecule has 8 rings (SSSR count). The van der Waals surface area contributed by atoms with Crippen LogP contribution in [0.3, 0.4) is 0 Å². The van der Waals surface area contributed by atoms with Crippen LogP contribution in [0, 0.1) is 25.7 Å². The molecule has 0 bridgehead atoms. The second-order valence-electron chi connectivity index (χ2n) is 11.3. The molecular formula is C32H26N4O4S2. The summed E-state index contributed by atoms with van der Waals surface area (Å²) in [5.41, 5.74) is 3.12. The van der Waals surface area contributed by atoms with Gasteiger partial charge in [-0.05, 0) is 61.0 Å². The molecule has 4 saturated heterocycles. The molecule has 6 atom stereocenters. The van der Waals surface area contributed by atoms with Gasteiger partial charge in [0.1, 0.15) is 12.1 Å². The summed E-state index contributed by atoms with van der Waals surface area (Å²) in [6.45, 7) is 3.92. The highest BCUT2D eigenvalue weighted by Crippen LogP contribution is 2.60. The highest BCUT2D eigenvalue weighted by atomic mass is 32.1. The lowest BCUT2D eigenvalue weighted by atomic mass is 9.88. The lowest BCUT2D eigenvalue weighted by molar-refractivity contribution is -0.135. The predicted octanol–water partition coefficient (Wildman–Crippen LogP) is 4.87. The van der Waals surface area contributed by atoms with Crippen LogP contribution >= 0.6 is 22.7 Å². The molecule has 210 valence electrons. The molecule has 4 amide bonds. The maximum Gasteiger partial charge on any atom is 0.253 e. The first-order valence-corrected chi connectivity index (χ1v) is 15.6. The van der Waals surface area contributed by atoms with E-state index in [0.29, 0.717) is 11.4 Å². The Labute approximate surface area is 250 Å². The molecule has 0 aliphatic carbocycles. The molecule has 0 radical (unpaired) electrons. The van der Waals surface area contributed by atoms with E-state index in [0.717, 1.165) is 20.9 Å². The number of fused-ring (bicyclic) bond motifs is 5. The lowest BCUT2D eigenvalue weighted by Gasteiger charge is -2.35. The molecule has 42 heavy (non-hydrogen) atoms. The summed E-state index contributed by atoms with van der Waals surface area (Å²) in [4.78, 5) is 61.5. The van der Waals surface area contributed by atoms with Gasteiger partial charge >= 0.3 is 0 Å². The van der Waals surface area contributed by atoms with Crippen LogP contribution in [-0.4, -0.2) is 45.7 Å². The van der Waals surface area contributed by atoms with Crippen molar-refractivity contribution in [3.05, 3.63) is 104 Å². The number of hydrogen-bond acceptors (Lipinski definition) is 8. The molecule has 0 spiro atoms. The van der Waals surface area contributed by atoms with Gasteiger partial charge in [-0.1, -0.05) is 47.5 Å². The molecule has 0 N–H and O–H groups in total. The molecular weight excluding hydrogens is 569 g/mol. The Morgan fingerprint density at radius 2 is 0.881 bits per heavy atom. The largest absolute Gasteiger partial charge is 0.274 e. The number of thiophene rings is 2. The smallest absolute Gasteiger partial charge is 0.253 e. The van der Waals surface area contributed by atoms with Crippen LogP contribution in [0.5, 0.6) is 0 Å². The van der Waals surface area contributed by atoms with Crippen LogP contribution in [0.15, 0.2) is 83.6 Å². The van der Waals surface area contributed by atoms with Gasteiger partial charge in [-0.3, -0.25) is 19.2 Å². The van der Waals surface area contributed by atoms with Crippen LogP contribution in [-0.2, 0) is 19.2 Å². The maximum absolute atomic E-state index is 14.3. The van der Waals surface area contributed by atoms with Gasteiger partial charge in [0.25, 0.3) is 11.8 Å². The molecule has 4 aromatic rings. The van der Waals surface area contributed by atoms with E-state index in [1.54, 1.807) is 24.3 Å². The number of benzene rings is 2. The van der Waals surface area contributed by atoms with Crippen molar-refractivity contribution in [2.24, 2.45) is 11.8 Å². The Bertz CT molecular complexity index is 1610. The van der Waals surface area contributed by atoms with Crippen molar-refractivity contribution in [1.29, 1.82) is 0 Å². The zero-order valence-corrected chi connectivity index (χ0v) is 24.4. The SMILES string of the molecule is Cc1ccc(N2C(=O)[C@H]3[C@@H](c4cccs4)N4[C@H]5C(=O)N(c6ccc(C)cc6)C(=O)[C@H]5[C@@H](c5cccs5)N4[C@H]3C2=O)cc1. The van der Waals surface area contributed by atoms with Crippen molar-refractivity contribution in [3.63, 3.8) is 0 Å². The van der Waals surface area contributed by atoms with Gasteiger partial charge in [0.05, 0.1) is 35.3 Å². The third-order valence-electron chi connectivity index (χ3n) is 8.98. The molecule has 10 heteroatoms. The minimum Gasteiger partial charge on any atom is -0.274 e. The second-order valence-corrected chi connectivity index (χ2v) is 13.3. The highest BCUT2D eigenvalue weighted by Gasteiger charge is 2.74. The molecule has 2 aromatic carbocycles. The summed E-state index contributed by atoms with van der Waals surface area (Å²) in [6.07, 6.45) is 0. The van der Waals surface area contributed by atoms with Crippen molar-refractivity contribution >= 4 is 57.7 Å². The van der Waals surface area contributed by atoms with Gasteiger partial charge in [-0.15, -0.1) is 22.7 Å². The molecule has 0 saturated carbocycles. The first-order valence-electron chi connectivity index (χ1n) is 13.9. The fourth-order valence-electron chi connectivity index (χ4n) is 7.21. The van der Waals surface area contributed by atoms with Crippen LogP contribution in [0.2, 0.25) is 0 Å². The Kier molecular flexibility index (Phi) is 5.68. The third-order valence-corrected chi connectivity index (χ3v) is 10.9. The van der Waals surface area contributed by atoms with Crippen molar-refractivity contribution in [2.45, 2.75) is 38.0 Å². The van der Waals surface area contributed by atoms with E-state index in [1.807, 2.05) is 83.2 Å². The second kappa shape index (κ2) is 9.27. The maximum atomic E-state index is 14.3. The summed E-state index contributed by atoms with van der Waals surface area (Å²) in [5.74, 6) is -2.66. The van der Waals surface area contributed by atoms with E-state index < -0.39 is 36.0 Å². The third kappa shape index (κ3) is 3.40. The predicted molar refractivity (Wildman–Crippen MR) is 160 cm³/mol. The molecule has 4 aliphatic heterocycles. The number of rotatable bonds is 4. The number of anilines is 2. The Morgan fingerprint density at radius 3 is 1.21 bits per heavy atom. The van der Waals surface area contributed by atoms with E-state index in [9.17, 15) is 19.2 Å². The van der Waals surface area contributed by atoms with Gasteiger partial charge in [0.2, 0.25) is 11.8 Å². The summed E-state index contributed by atoms with van der Waals surface area (Å²) < 4.78 is 0.